The van der Waals surface area contributed by atoms with Gasteiger partial charge in [0, 0.05) is 0 Å². The maximum Gasteiger partial charge on any atom is 0.225 e. The van der Waals surface area contributed by atoms with Crippen molar-refractivity contribution in [1.29, 1.82) is 5.26 Å². The lowest BCUT2D eigenvalue weighted by atomic mass is 10.0. The van der Waals surface area contributed by atoms with Crippen LogP contribution in [0.5, 0.6) is 11.5 Å². The number of benzene rings is 1. The average Bonchev–Trinajstić information content (AvgIpc) is 2.46. The summed E-state index contributed by atoms with van der Waals surface area (Å²) >= 11 is 0. The molecule has 5 nitrogen and oxygen atoms in total. The fourth-order valence-electron chi connectivity index (χ4n) is 1.72. The summed E-state index contributed by atoms with van der Waals surface area (Å²) in [6.45, 7) is 3.57. The Morgan fingerprint density at radius 1 is 1.35 bits per heavy atom. The van der Waals surface area contributed by atoms with Crippen LogP contribution in [-0.4, -0.2) is 25.7 Å². The number of nitriles is 1. The first kappa shape index (κ1) is 15.8. The van der Waals surface area contributed by atoms with Crippen molar-refractivity contribution < 1.29 is 14.3 Å². The monoisotopic (exact) mass is 276 g/mol. The Kier molecular flexibility index (Phi) is 5.39. The molecule has 0 saturated carbocycles. The highest BCUT2D eigenvalue weighted by Crippen LogP contribution is 2.27. The molecule has 0 aromatic heterocycles. The molecule has 0 aliphatic rings. The van der Waals surface area contributed by atoms with Gasteiger partial charge in [-0.3, -0.25) is 4.79 Å². The SMILES string of the molecule is CC[C@@](C)(C#N)NC(=O)Cc1ccc(OC)c(OC)c1. The Labute approximate surface area is 119 Å². The average molecular weight is 276 g/mol. The first-order valence-electron chi connectivity index (χ1n) is 6.41. The van der Waals surface area contributed by atoms with Crippen LogP contribution in [0.4, 0.5) is 0 Å². The molecule has 0 heterocycles. The van der Waals surface area contributed by atoms with Gasteiger partial charge in [0.2, 0.25) is 5.91 Å². The van der Waals surface area contributed by atoms with E-state index in [9.17, 15) is 4.79 Å². The van der Waals surface area contributed by atoms with Crippen LogP contribution >= 0.6 is 0 Å². The van der Waals surface area contributed by atoms with Gasteiger partial charge in [-0.15, -0.1) is 0 Å². The normalized spacial score (nSPS) is 12.9. The highest BCUT2D eigenvalue weighted by molar-refractivity contribution is 5.80. The number of carbonyl (C=O) groups is 1. The van der Waals surface area contributed by atoms with Gasteiger partial charge in [0.15, 0.2) is 11.5 Å². The van der Waals surface area contributed by atoms with E-state index < -0.39 is 5.54 Å². The molecule has 1 atom stereocenters. The van der Waals surface area contributed by atoms with Crippen molar-refractivity contribution in [2.45, 2.75) is 32.2 Å². The molecule has 0 radical (unpaired) electrons. The van der Waals surface area contributed by atoms with Gasteiger partial charge in [-0.1, -0.05) is 13.0 Å². The molecule has 0 saturated heterocycles. The van der Waals surface area contributed by atoms with E-state index >= 15 is 0 Å². The maximum absolute atomic E-state index is 12.0. The quantitative estimate of drug-likeness (QED) is 0.863. The standard InChI is InChI=1S/C15H20N2O3/c1-5-15(2,10-16)17-14(18)9-11-6-7-12(19-3)13(8-11)20-4/h6-8H,5,9H2,1-4H3,(H,17,18)/t15-/m0/s1. The molecule has 0 aliphatic heterocycles. The first-order valence-corrected chi connectivity index (χ1v) is 6.41. The summed E-state index contributed by atoms with van der Waals surface area (Å²) in [5.41, 5.74) is -0.0234. The fourth-order valence-corrected chi connectivity index (χ4v) is 1.72. The third-order valence-electron chi connectivity index (χ3n) is 3.18. The molecule has 0 spiro atoms. The molecule has 1 rings (SSSR count). The van der Waals surface area contributed by atoms with E-state index in [1.165, 1.54) is 0 Å². The summed E-state index contributed by atoms with van der Waals surface area (Å²) in [5.74, 6) is 1.01. The van der Waals surface area contributed by atoms with Gasteiger partial charge in [0.1, 0.15) is 5.54 Å². The largest absolute Gasteiger partial charge is 0.493 e. The van der Waals surface area contributed by atoms with E-state index in [2.05, 4.69) is 11.4 Å². The molecule has 108 valence electrons. The molecule has 1 N–H and O–H groups in total. The van der Waals surface area contributed by atoms with Crippen molar-refractivity contribution in [1.82, 2.24) is 5.32 Å². The molecule has 0 fully saturated rings. The van der Waals surface area contributed by atoms with Crippen molar-refractivity contribution in [3.63, 3.8) is 0 Å². The van der Waals surface area contributed by atoms with E-state index in [0.717, 1.165) is 5.56 Å². The van der Waals surface area contributed by atoms with Crippen molar-refractivity contribution in [3.8, 4) is 17.6 Å². The number of amides is 1. The van der Waals surface area contributed by atoms with Crippen LogP contribution in [-0.2, 0) is 11.2 Å². The van der Waals surface area contributed by atoms with Crippen LogP contribution in [0.15, 0.2) is 18.2 Å². The van der Waals surface area contributed by atoms with Crippen LogP contribution in [0.3, 0.4) is 0 Å². The molecular formula is C15H20N2O3. The van der Waals surface area contributed by atoms with E-state index in [1.807, 2.05) is 6.92 Å². The first-order chi connectivity index (χ1) is 9.47. The summed E-state index contributed by atoms with van der Waals surface area (Å²) < 4.78 is 10.3. The molecule has 20 heavy (non-hydrogen) atoms. The molecule has 1 aromatic rings. The highest BCUT2D eigenvalue weighted by atomic mass is 16.5. The molecule has 1 amide bonds. The number of methoxy groups -OCH3 is 2. The Hall–Kier alpha value is -2.22. The third kappa shape index (κ3) is 3.89. The Morgan fingerprint density at radius 2 is 2.00 bits per heavy atom. The summed E-state index contributed by atoms with van der Waals surface area (Å²) in [6, 6.07) is 7.42. The fraction of sp³-hybridized carbons (Fsp3) is 0.467. The third-order valence-corrected chi connectivity index (χ3v) is 3.18. The number of rotatable bonds is 6. The zero-order chi connectivity index (χ0) is 15.2. The number of nitrogens with zero attached hydrogens (tertiary/aromatic N) is 1. The summed E-state index contributed by atoms with van der Waals surface area (Å²) in [6.07, 6.45) is 0.749. The molecule has 0 bridgehead atoms. The van der Waals surface area contributed by atoms with Crippen LogP contribution in [0, 0.1) is 11.3 Å². The van der Waals surface area contributed by atoms with Gasteiger partial charge in [-0.2, -0.15) is 5.26 Å². The van der Waals surface area contributed by atoms with Crippen molar-refractivity contribution in [2.24, 2.45) is 0 Å². The lowest BCUT2D eigenvalue weighted by molar-refractivity contribution is -0.121. The lowest BCUT2D eigenvalue weighted by Crippen LogP contribution is -2.44. The van der Waals surface area contributed by atoms with Crippen LogP contribution < -0.4 is 14.8 Å². The van der Waals surface area contributed by atoms with Gasteiger partial charge in [-0.05, 0) is 31.0 Å². The number of hydrogen-bond donors (Lipinski definition) is 1. The smallest absolute Gasteiger partial charge is 0.225 e. The minimum Gasteiger partial charge on any atom is -0.493 e. The van der Waals surface area contributed by atoms with Gasteiger partial charge in [0.05, 0.1) is 26.7 Å². The van der Waals surface area contributed by atoms with Crippen LogP contribution in [0.25, 0.3) is 0 Å². The lowest BCUT2D eigenvalue weighted by Gasteiger charge is -2.21. The number of nitrogens with one attached hydrogen (secondary N) is 1. The minimum absolute atomic E-state index is 0.192. The van der Waals surface area contributed by atoms with Crippen LogP contribution in [0.2, 0.25) is 0 Å². The van der Waals surface area contributed by atoms with Crippen molar-refractivity contribution >= 4 is 5.91 Å². The van der Waals surface area contributed by atoms with E-state index in [0.29, 0.717) is 17.9 Å². The maximum atomic E-state index is 12.0. The van der Waals surface area contributed by atoms with Gasteiger partial charge in [0.25, 0.3) is 0 Å². The van der Waals surface area contributed by atoms with E-state index in [4.69, 9.17) is 14.7 Å². The molecule has 0 unspecified atom stereocenters. The molecule has 5 heteroatoms. The second-order valence-electron chi connectivity index (χ2n) is 4.71. The predicted molar refractivity (Wildman–Crippen MR) is 75.7 cm³/mol. The van der Waals surface area contributed by atoms with E-state index in [1.54, 1.807) is 39.3 Å². The van der Waals surface area contributed by atoms with Crippen molar-refractivity contribution in [3.05, 3.63) is 23.8 Å². The molecular weight excluding hydrogens is 256 g/mol. The number of ether oxygens (including phenoxy) is 2. The Morgan fingerprint density at radius 3 is 2.50 bits per heavy atom. The van der Waals surface area contributed by atoms with Gasteiger partial charge >= 0.3 is 0 Å². The van der Waals surface area contributed by atoms with Gasteiger partial charge < -0.3 is 14.8 Å². The zero-order valence-electron chi connectivity index (χ0n) is 12.3. The van der Waals surface area contributed by atoms with Gasteiger partial charge in [-0.25, -0.2) is 0 Å². The Bertz CT molecular complexity index is 522. The highest BCUT2D eigenvalue weighted by Gasteiger charge is 2.23. The summed E-state index contributed by atoms with van der Waals surface area (Å²) in [5, 5.41) is 11.8. The zero-order valence-corrected chi connectivity index (χ0v) is 12.3. The minimum atomic E-state index is -0.826. The number of carbonyl (C=O) groups excluding carboxylic acids is 1. The van der Waals surface area contributed by atoms with Crippen LogP contribution in [0.1, 0.15) is 25.8 Å². The predicted octanol–water partition coefficient (Wildman–Crippen LogP) is 2.05. The van der Waals surface area contributed by atoms with E-state index in [-0.39, 0.29) is 12.3 Å². The Balaban J connectivity index is 2.79. The molecule has 1 aromatic carbocycles. The molecule has 0 aliphatic carbocycles. The van der Waals surface area contributed by atoms with Crippen molar-refractivity contribution in [2.75, 3.05) is 14.2 Å². The topological polar surface area (TPSA) is 71.4 Å². The summed E-state index contributed by atoms with van der Waals surface area (Å²) in [7, 11) is 3.11. The second kappa shape index (κ2) is 6.80. The summed E-state index contributed by atoms with van der Waals surface area (Å²) in [4.78, 5) is 12.0. The second-order valence-corrected chi connectivity index (χ2v) is 4.71. The number of hydrogen-bond acceptors (Lipinski definition) is 4.